The van der Waals surface area contributed by atoms with Gasteiger partial charge in [0.2, 0.25) is 0 Å². The van der Waals surface area contributed by atoms with Crippen LogP contribution < -0.4 is 9.47 Å². The Morgan fingerprint density at radius 3 is 2.00 bits per heavy atom. The Kier molecular flexibility index (Phi) is 9.31. The largest absolute Gasteiger partial charge is 0.423 e. The lowest BCUT2D eigenvalue weighted by atomic mass is 10.1. The molecule has 122 valence electrons. The third-order valence-electron chi connectivity index (χ3n) is 3.08. The van der Waals surface area contributed by atoms with E-state index in [9.17, 15) is 9.59 Å². The van der Waals surface area contributed by atoms with E-state index >= 15 is 0 Å². The second-order valence-electron chi connectivity index (χ2n) is 5.00. The van der Waals surface area contributed by atoms with Crippen LogP contribution in [0.25, 0.3) is 0 Å². The summed E-state index contributed by atoms with van der Waals surface area (Å²) in [6.07, 6.45) is 5.81. The Morgan fingerprint density at radius 2 is 1.45 bits per heavy atom. The third-order valence-corrected chi connectivity index (χ3v) is 3.27. The first-order chi connectivity index (χ1) is 10.7. The van der Waals surface area contributed by atoms with Crippen molar-refractivity contribution in [3.63, 3.8) is 0 Å². The molecule has 0 atom stereocenters. The second-order valence-corrected chi connectivity index (χ2v) is 5.38. The first-order valence-corrected chi connectivity index (χ1v) is 8.27. The lowest BCUT2D eigenvalue weighted by Gasteiger charge is -2.10. The average Bonchev–Trinajstić information content (AvgIpc) is 2.49. The molecule has 0 unspecified atom stereocenters. The van der Waals surface area contributed by atoms with Gasteiger partial charge in [0.15, 0.2) is 11.5 Å². The minimum atomic E-state index is -0.446. The van der Waals surface area contributed by atoms with Crippen LogP contribution in [0.3, 0.4) is 0 Å². The smallest absolute Gasteiger partial charge is 0.312 e. The number of carbonyl (C=O) groups is 2. The van der Waals surface area contributed by atoms with Gasteiger partial charge in [-0.15, -0.1) is 11.6 Å². The van der Waals surface area contributed by atoms with E-state index in [1.165, 1.54) is 12.8 Å². The maximum Gasteiger partial charge on any atom is 0.312 e. The third kappa shape index (κ3) is 7.46. The van der Waals surface area contributed by atoms with E-state index in [4.69, 9.17) is 21.1 Å². The number of unbranched alkanes of at least 4 members (excludes halogenated alkanes) is 4. The van der Waals surface area contributed by atoms with Gasteiger partial charge < -0.3 is 9.47 Å². The Morgan fingerprint density at radius 1 is 0.909 bits per heavy atom. The minimum absolute atomic E-state index is 0.112. The molecule has 0 heterocycles. The van der Waals surface area contributed by atoms with Crippen molar-refractivity contribution in [1.29, 1.82) is 0 Å². The molecule has 1 aromatic carbocycles. The van der Waals surface area contributed by atoms with E-state index in [2.05, 4.69) is 6.92 Å². The molecule has 1 rings (SSSR count). The van der Waals surface area contributed by atoms with Gasteiger partial charge in [-0.25, -0.2) is 0 Å². The zero-order valence-electron chi connectivity index (χ0n) is 13.0. The van der Waals surface area contributed by atoms with Crippen molar-refractivity contribution in [3.05, 3.63) is 24.3 Å². The lowest BCUT2D eigenvalue weighted by Crippen LogP contribution is -2.12. The van der Waals surface area contributed by atoms with Crippen LogP contribution in [0.2, 0.25) is 0 Å². The summed E-state index contributed by atoms with van der Waals surface area (Å²) in [6, 6.07) is 6.64. The van der Waals surface area contributed by atoms with Crippen molar-refractivity contribution in [3.8, 4) is 11.5 Å². The summed E-state index contributed by atoms with van der Waals surface area (Å²) in [4.78, 5) is 23.3. The maximum atomic E-state index is 11.8. The SMILES string of the molecule is CCCCCCCC(=O)Oc1ccccc1OC(=O)CCCl. The van der Waals surface area contributed by atoms with E-state index in [1.807, 2.05) is 0 Å². The fourth-order valence-electron chi connectivity index (χ4n) is 1.92. The Hall–Kier alpha value is -1.55. The number of carbonyl (C=O) groups excluding carboxylic acids is 2. The van der Waals surface area contributed by atoms with E-state index in [-0.39, 0.29) is 29.8 Å². The zero-order chi connectivity index (χ0) is 16.2. The molecular weight excluding hydrogens is 304 g/mol. The summed E-state index contributed by atoms with van der Waals surface area (Å²) in [5.41, 5.74) is 0. The Balaban J connectivity index is 2.47. The molecule has 0 bridgehead atoms. The summed E-state index contributed by atoms with van der Waals surface area (Å²) < 4.78 is 10.4. The van der Waals surface area contributed by atoms with Crippen molar-refractivity contribution in [1.82, 2.24) is 0 Å². The van der Waals surface area contributed by atoms with Crippen LogP contribution in [-0.4, -0.2) is 17.8 Å². The van der Waals surface area contributed by atoms with Crippen LogP contribution >= 0.6 is 11.6 Å². The molecule has 0 saturated carbocycles. The number of hydrogen-bond acceptors (Lipinski definition) is 4. The molecule has 0 N–H and O–H groups in total. The van der Waals surface area contributed by atoms with Gasteiger partial charge in [-0.1, -0.05) is 44.7 Å². The highest BCUT2D eigenvalue weighted by Crippen LogP contribution is 2.27. The number of benzene rings is 1. The van der Waals surface area contributed by atoms with Crippen LogP contribution in [0.1, 0.15) is 51.9 Å². The number of hydrogen-bond donors (Lipinski definition) is 0. The molecule has 0 aromatic heterocycles. The number of esters is 2. The van der Waals surface area contributed by atoms with E-state index in [1.54, 1.807) is 24.3 Å². The summed E-state index contributed by atoms with van der Waals surface area (Å²) in [5.74, 6) is -0.0465. The summed E-state index contributed by atoms with van der Waals surface area (Å²) in [5, 5.41) is 0. The number of halogens is 1. The van der Waals surface area contributed by atoms with Crippen LogP contribution in [0.4, 0.5) is 0 Å². The van der Waals surface area contributed by atoms with Crippen LogP contribution in [0.5, 0.6) is 11.5 Å². The molecule has 5 heteroatoms. The lowest BCUT2D eigenvalue weighted by molar-refractivity contribution is -0.137. The van der Waals surface area contributed by atoms with Crippen molar-refractivity contribution < 1.29 is 19.1 Å². The van der Waals surface area contributed by atoms with Crippen LogP contribution in [0, 0.1) is 0 Å². The van der Waals surface area contributed by atoms with Crippen molar-refractivity contribution >= 4 is 23.5 Å². The van der Waals surface area contributed by atoms with Gasteiger partial charge in [-0.3, -0.25) is 9.59 Å². The monoisotopic (exact) mass is 326 g/mol. The summed E-state index contributed by atoms with van der Waals surface area (Å²) >= 11 is 5.49. The fourth-order valence-corrected chi connectivity index (χ4v) is 2.07. The quantitative estimate of drug-likeness (QED) is 0.275. The highest BCUT2D eigenvalue weighted by atomic mass is 35.5. The zero-order valence-corrected chi connectivity index (χ0v) is 13.7. The van der Waals surface area contributed by atoms with Gasteiger partial charge in [-0.2, -0.15) is 0 Å². The maximum absolute atomic E-state index is 11.8. The van der Waals surface area contributed by atoms with Gasteiger partial charge in [0, 0.05) is 12.3 Å². The van der Waals surface area contributed by atoms with E-state index in [0.717, 1.165) is 19.3 Å². The van der Waals surface area contributed by atoms with Crippen LogP contribution in [0.15, 0.2) is 24.3 Å². The molecule has 0 amide bonds. The number of para-hydroxylation sites is 2. The topological polar surface area (TPSA) is 52.6 Å². The summed E-state index contributed by atoms with van der Waals surface area (Å²) in [6.45, 7) is 2.15. The van der Waals surface area contributed by atoms with Crippen molar-refractivity contribution in [2.45, 2.75) is 51.9 Å². The molecule has 0 saturated heterocycles. The van der Waals surface area contributed by atoms with Gasteiger partial charge in [-0.05, 0) is 18.6 Å². The highest BCUT2D eigenvalue weighted by Gasteiger charge is 2.12. The molecule has 0 aliphatic carbocycles. The minimum Gasteiger partial charge on any atom is -0.423 e. The first kappa shape index (κ1) is 18.5. The molecule has 0 fully saturated rings. The molecule has 1 aromatic rings. The number of rotatable bonds is 10. The molecular formula is C17H23ClO4. The standard InChI is InChI=1S/C17H23ClO4/c1-2-3-4-5-6-11-16(19)21-14-9-7-8-10-15(14)22-17(20)12-13-18/h7-10H,2-6,11-13H2,1H3. The first-order valence-electron chi connectivity index (χ1n) is 7.73. The molecule has 22 heavy (non-hydrogen) atoms. The predicted octanol–water partition coefficient (Wildman–Crippen LogP) is 4.49. The molecule has 0 radical (unpaired) electrons. The average molecular weight is 327 g/mol. The van der Waals surface area contributed by atoms with E-state index < -0.39 is 5.97 Å². The second kappa shape index (κ2) is 11.1. The predicted molar refractivity (Wildman–Crippen MR) is 86.4 cm³/mol. The van der Waals surface area contributed by atoms with Gasteiger partial charge in [0.25, 0.3) is 0 Å². The van der Waals surface area contributed by atoms with Gasteiger partial charge >= 0.3 is 11.9 Å². The molecule has 4 nitrogen and oxygen atoms in total. The molecule has 0 aliphatic rings. The molecule has 0 spiro atoms. The highest BCUT2D eigenvalue weighted by molar-refractivity contribution is 6.18. The molecule has 0 aliphatic heterocycles. The summed E-state index contributed by atoms with van der Waals surface area (Å²) in [7, 11) is 0. The van der Waals surface area contributed by atoms with Crippen molar-refractivity contribution in [2.75, 3.05) is 5.88 Å². The van der Waals surface area contributed by atoms with Crippen molar-refractivity contribution in [2.24, 2.45) is 0 Å². The van der Waals surface area contributed by atoms with Gasteiger partial charge in [0.1, 0.15) is 0 Å². The number of ether oxygens (including phenoxy) is 2. The van der Waals surface area contributed by atoms with E-state index in [0.29, 0.717) is 6.42 Å². The van der Waals surface area contributed by atoms with Crippen LogP contribution in [-0.2, 0) is 9.59 Å². The van der Waals surface area contributed by atoms with Gasteiger partial charge in [0.05, 0.1) is 6.42 Å². The Bertz CT molecular complexity index is 473. The number of alkyl halides is 1. The Labute approximate surface area is 136 Å². The normalized spacial score (nSPS) is 10.3. The fraction of sp³-hybridized carbons (Fsp3) is 0.529.